The topological polar surface area (TPSA) is 64.6 Å². The van der Waals surface area contributed by atoms with E-state index in [-0.39, 0.29) is 5.91 Å². The van der Waals surface area contributed by atoms with Crippen LogP contribution >= 0.6 is 31.9 Å². The minimum absolute atomic E-state index is 0.243. The molecule has 23 heavy (non-hydrogen) atoms. The van der Waals surface area contributed by atoms with Gasteiger partial charge in [0.05, 0.1) is 25.0 Å². The molecule has 1 amide bonds. The third kappa shape index (κ3) is 4.55. The van der Waals surface area contributed by atoms with E-state index in [9.17, 15) is 9.59 Å². The lowest BCUT2D eigenvalue weighted by Gasteiger charge is -2.18. The molecule has 1 N–H and O–H groups in total. The zero-order valence-electron chi connectivity index (χ0n) is 13.2. The van der Waals surface area contributed by atoms with Gasteiger partial charge in [-0.2, -0.15) is 0 Å². The summed E-state index contributed by atoms with van der Waals surface area (Å²) in [5.74, 6) is -0.111. The van der Waals surface area contributed by atoms with E-state index in [0.29, 0.717) is 38.3 Å². The largest absolute Gasteiger partial charge is 0.465 e. The van der Waals surface area contributed by atoms with E-state index in [0.717, 1.165) is 0 Å². The Labute approximate surface area is 152 Å². The molecule has 0 bridgehead atoms. The molecule has 0 aliphatic heterocycles. The van der Waals surface area contributed by atoms with Crippen LogP contribution in [0.15, 0.2) is 15.0 Å². The second-order valence-electron chi connectivity index (χ2n) is 5.61. The maximum absolute atomic E-state index is 12.3. The first kappa shape index (κ1) is 18.4. The second kappa shape index (κ2) is 7.77. The van der Waals surface area contributed by atoms with Crippen molar-refractivity contribution >= 4 is 49.4 Å². The van der Waals surface area contributed by atoms with Crippen molar-refractivity contribution in [2.24, 2.45) is 5.92 Å². The molecule has 1 atom stereocenters. The number of amides is 1. The van der Waals surface area contributed by atoms with Gasteiger partial charge in [-0.25, -0.2) is 4.79 Å². The highest BCUT2D eigenvalue weighted by molar-refractivity contribution is 9.11. The summed E-state index contributed by atoms with van der Waals surface area (Å²) in [6, 6.07) is 1.71. The minimum atomic E-state index is -0.549. The van der Waals surface area contributed by atoms with Gasteiger partial charge in [-0.05, 0) is 76.1 Å². The predicted molar refractivity (Wildman–Crippen MR) is 94.7 cm³/mol. The number of ether oxygens (including phenoxy) is 2. The number of hydrogen-bond donors (Lipinski definition) is 1. The van der Waals surface area contributed by atoms with E-state index >= 15 is 0 Å². The lowest BCUT2D eigenvalue weighted by Crippen LogP contribution is -2.29. The molecule has 1 fully saturated rings. The maximum Gasteiger partial charge on any atom is 0.339 e. The van der Waals surface area contributed by atoms with Gasteiger partial charge in [0.2, 0.25) is 0 Å². The molecule has 7 heteroatoms. The van der Waals surface area contributed by atoms with Crippen molar-refractivity contribution < 1.29 is 19.1 Å². The number of rotatable bonds is 6. The molecular formula is C16H19Br2NO4. The van der Waals surface area contributed by atoms with E-state index in [1.165, 1.54) is 20.0 Å². The Morgan fingerprint density at radius 2 is 2.00 bits per heavy atom. The van der Waals surface area contributed by atoms with Gasteiger partial charge >= 0.3 is 5.97 Å². The molecule has 126 valence electrons. The highest BCUT2D eigenvalue weighted by atomic mass is 79.9. The highest BCUT2D eigenvalue weighted by Crippen LogP contribution is 2.35. The first-order valence-corrected chi connectivity index (χ1v) is 8.93. The SMILES string of the molecule is COC(=O)c1c(Br)cc(Br)c(NC(=O)C(C)OCC2CC2)c1C. The Morgan fingerprint density at radius 3 is 2.57 bits per heavy atom. The van der Waals surface area contributed by atoms with Crippen molar-refractivity contribution in [2.75, 3.05) is 19.0 Å². The number of carbonyl (C=O) groups excluding carboxylic acids is 2. The van der Waals surface area contributed by atoms with Gasteiger partial charge < -0.3 is 14.8 Å². The van der Waals surface area contributed by atoms with Crippen molar-refractivity contribution in [1.82, 2.24) is 0 Å². The monoisotopic (exact) mass is 447 g/mol. The summed E-state index contributed by atoms with van der Waals surface area (Å²) in [5, 5.41) is 2.83. The van der Waals surface area contributed by atoms with Crippen LogP contribution in [0.25, 0.3) is 0 Å². The van der Waals surface area contributed by atoms with Crippen LogP contribution in [-0.2, 0) is 14.3 Å². The zero-order chi connectivity index (χ0) is 17.1. The normalized spacial score (nSPS) is 15.2. The molecule has 5 nitrogen and oxygen atoms in total. The van der Waals surface area contributed by atoms with Crippen molar-refractivity contribution in [1.29, 1.82) is 0 Å². The van der Waals surface area contributed by atoms with E-state index in [2.05, 4.69) is 37.2 Å². The Balaban J connectivity index is 2.17. The maximum atomic E-state index is 12.3. The number of benzene rings is 1. The van der Waals surface area contributed by atoms with E-state index in [1.807, 2.05) is 0 Å². The molecule has 1 aromatic rings. The molecule has 0 saturated heterocycles. The van der Waals surface area contributed by atoms with Gasteiger partial charge in [0.1, 0.15) is 6.10 Å². The van der Waals surface area contributed by atoms with E-state index < -0.39 is 12.1 Å². The Kier molecular flexibility index (Phi) is 6.22. The summed E-state index contributed by atoms with van der Waals surface area (Å²) in [6.07, 6.45) is 1.80. The van der Waals surface area contributed by atoms with Crippen molar-refractivity contribution in [2.45, 2.75) is 32.8 Å². The number of esters is 1. The summed E-state index contributed by atoms with van der Waals surface area (Å²) in [6.45, 7) is 4.09. The summed E-state index contributed by atoms with van der Waals surface area (Å²) in [5.41, 5.74) is 1.55. The number of nitrogens with one attached hydrogen (secondary N) is 1. The molecule has 0 heterocycles. The summed E-state index contributed by atoms with van der Waals surface area (Å²) >= 11 is 6.76. The molecule has 0 radical (unpaired) electrons. The molecule has 1 aromatic carbocycles. The van der Waals surface area contributed by atoms with Gasteiger partial charge in [-0.15, -0.1) is 0 Å². The Bertz CT molecular complexity index is 629. The average Bonchev–Trinajstić information content (AvgIpc) is 3.32. The van der Waals surface area contributed by atoms with Crippen LogP contribution in [0.2, 0.25) is 0 Å². The van der Waals surface area contributed by atoms with Crippen LogP contribution in [0.5, 0.6) is 0 Å². The number of halogens is 2. The standard InChI is InChI=1S/C16H19Br2NO4/c1-8-13(16(21)22-3)11(17)6-12(18)14(8)19-15(20)9(2)23-7-10-4-5-10/h6,9-10H,4-5,7H2,1-3H3,(H,19,20). The fourth-order valence-electron chi connectivity index (χ4n) is 2.11. The predicted octanol–water partition coefficient (Wildman–Crippen LogP) is 4.06. The zero-order valence-corrected chi connectivity index (χ0v) is 16.4. The number of hydrogen-bond acceptors (Lipinski definition) is 4. The molecule has 1 aliphatic carbocycles. The van der Waals surface area contributed by atoms with Gasteiger partial charge in [0, 0.05) is 8.95 Å². The van der Waals surface area contributed by atoms with Gasteiger partial charge in [-0.1, -0.05) is 0 Å². The average molecular weight is 449 g/mol. The van der Waals surface area contributed by atoms with Gasteiger partial charge in [0.15, 0.2) is 0 Å². The van der Waals surface area contributed by atoms with Crippen LogP contribution < -0.4 is 5.32 Å². The molecule has 1 aliphatic rings. The van der Waals surface area contributed by atoms with Crippen molar-refractivity contribution in [3.05, 3.63) is 26.1 Å². The third-order valence-electron chi connectivity index (χ3n) is 3.77. The number of anilines is 1. The molecular weight excluding hydrogens is 430 g/mol. The van der Waals surface area contributed by atoms with Gasteiger partial charge in [0.25, 0.3) is 5.91 Å². The fourth-order valence-corrected chi connectivity index (χ4v) is 3.73. The van der Waals surface area contributed by atoms with Crippen LogP contribution in [-0.4, -0.2) is 31.7 Å². The lowest BCUT2D eigenvalue weighted by molar-refractivity contribution is -0.126. The quantitative estimate of drug-likeness (QED) is 0.666. The molecule has 2 rings (SSSR count). The molecule has 1 saturated carbocycles. The van der Waals surface area contributed by atoms with E-state index in [1.54, 1.807) is 19.9 Å². The highest BCUT2D eigenvalue weighted by Gasteiger charge is 2.25. The van der Waals surface area contributed by atoms with Crippen molar-refractivity contribution in [3.8, 4) is 0 Å². The van der Waals surface area contributed by atoms with Crippen LogP contribution in [0.3, 0.4) is 0 Å². The van der Waals surface area contributed by atoms with Crippen LogP contribution in [0.4, 0.5) is 5.69 Å². The summed E-state index contributed by atoms with van der Waals surface area (Å²) in [7, 11) is 1.32. The first-order valence-electron chi connectivity index (χ1n) is 7.34. The third-order valence-corrected chi connectivity index (χ3v) is 5.02. The van der Waals surface area contributed by atoms with Crippen LogP contribution in [0, 0.1) is 12.8 Å². The Hall–Kier alpha value is -0.920. The minimum Gasteiger partial charge on any atom is -0.465 e. The van der Waals surface area contributed by atoms with Gasteiger partial charge in [-0.3, -0.25) is 4.79 Å². The summed E-state index contributed by atoms with van der Waals surface area (Å²) < 4.78 is 11.6. The number of carbonyl (C=O) groups is 2. The molecule has 0 aromatic heterocycles. The van der Waals surface area contributed by atoms with Crippen molar-refractivity contribution in [3.63, 3.8) is 0 Å². The number of methoxy groups -OCH3 is 1. The molecule has 1 unspecified atom stereocenters. The Morgan fingerprint density at radius 1 is 1.35 bits per heavy atom. The smallest absolute Gasteiger partial charge is 0.339 e. The lowest BCUT2D eigenvalue weighted by atomic mass is 10.1. The second-order valence-corrected chi connectivity index (χ2v) is 7.32. The van der Waals surface area contributed by atoms with Crippen LogP contribution in [0.1, 0.15) is 35.7 Å². The first-order chi connectivity index (χ1) is 10.8. The summed E-state index contributed by atoms with van der Waals surface area (Å²) in [4.78, 5) is 24.2. The van der Waals surface area contributed by atoms with E-state index in [4.69, 9.17) is 9.47 Å². The molecule has 0 spiro atoms. The fraction of sp³-hybridized carbons (Fsp3) is 0.500.